The van der Waals surface area contributed by atoms with Gasteiger partial charge in [-0.25, -0.2) is 4.98 Å². The number of pyridine rings is 1. The molecule has 0 N–H and O–H groups in total. The van der Waals surface area contributed by atoms with E-state index < -0.39 is 0 Å². The van der Waals surface area contributed by atoms with E-state index in [1.165, 1.54) is 5.56 Å². The van der Waals surface area contributed by atoms with Gasteiger partial charge in [-0.2, -0.15) is 0 Å². The molecule has 0 radical (unpaired) electrons. The van der Waals surface area contributed by atoms with Crippen LogP contribution in [-0.4, -0.2) is 43.6 Å². The summed E-state index contributed by atoms with van der Waals surface area (Å²) in [4.78, 5) is 9.36. The van der Waals surface area contributed by atoms with Crippen LogP contribution in [0.3, 0.4) is 0 Å². The van der Waals surface area contributed by atoms with Gasteiger partial charge in [-0.05, 0) is 58.1 Å². The second-order valence-corrected chi connectivity index (χ2v) is 5.71. The number of hydrogen-bond acceptors (Lipinski definition) is 3. The summed E-state index contributed by atoms with van der Waals surface area (Å²) in [6.45, 7) is 7.50. The standard InChI is InChI=1S/C16H28ClN3/c1-5-8-15-11-14(13-17)12-16(18-15)20(6-2)10-7-9-19(3)4/h11-12H,5-10,13H2,1-4H3. The van der Waals surface area contributed by atoms with E-state index in [-0.39, 0.29) is 0 Å². The average Bonchev–Trinajstić information content (AvgIpc) is 2.43. The van der Waals surface area contributed by atoms with Gasteiger partial charge in [-0.3, -0.25) is 0 Å². The quantitative estimate of drug-likeness (QED) is 0.650. The lowest BCUT2D eigenvalue weighted by atomic mass is 10.1. The van der Waals surface area contributed by atoms with Gasteiger partial charge in [-0.1, -0.05) is 13.3 Å². The molecule has 0 amide bonds. The van der Waals surface area contributed by atoms with Crippen molar-refractivity contribution in [1.82, 2.24) is 9.88 Å². The van der Waals surface area contributed by atoms with Crippen molar-refractivity contribution in [2.75, 3.05) is 38.6 Å². The van der Waals surface area contributed by atoms with Crippen LogP contribution in [0, 0.1) is 0 Å². The highest BCUT2D eigenvalue weighted by Gasteiger charge is 2.09. The van der Waals surface area contributed by atoms with E-state index in [1.807, 2.05) is 0 Å². The maximum atomic E-state index is 6.01. The fourth-order valence-electron chi connectivity index (χ4n) is 2.27. The Morgan fingerprint density at radius 2 is 1.90 bits per heavy atom. The lowest BCUT2D eigenvalue weighted by Gasteiger charge is -2.24. The predicted molar refractivity (Wildman–Crippen MR) is 88.8 cm³/mol. The van der Waals surface area contributed by atoms with Crippen LogP contribution in [0.2, 0.25) is 0 Å². The van der Waals surface area contributed by atoms with Gasteiger partial charge < -0.3 is 9.80 Å². The van der Waals surface area contributed by atoms with Crippen molar-refractivity contribution in [1.29, 1.82) is 0 Å². The van der Waals surface area contributed by atoms with E-state index in [2.05, 4.69) is 49.9 Å². The van der Waals surface area contributed by atoms with Crippen molar-refractivity contribution in [2.24, 2.45) is 0 Å². The molecule has 0 atom stereocenters. The van der Waals surface area contributed by atoms with Gasteiger partial charge in [0.1, 0.15) is 5.82 Å². The number of anilines is 1. The SMILES string of the molecule is CCCc1cc(CCl)cc(N(CC)CCCN(C)C)n1. The van der Waals surface area contributed by atoms with E-state index >= 15 is 0 Å². The van der Waals surface area contributed by atoms with Crippen molar-refractivity contribution >= 4 is 17.4 Å². The maximum absolute atomic E-state index is 6.01. The van der Waals surface area contributed by atoms with Gasteiger partial charge >= 0.3 is 0 Å². The Bertz CT molecular complexity index is 393. The number of alkyl halides is 1. The number of aryl methyl sites for hydroxylation is 1. The summed E-state index contributed by atoms with van der Waals surface area (Å²) in [6, 6.07) is 4.26. The lowest BCUT2D eigenvalue weighted by molar-refractivity contribution is 0.400. The third-order valence-electron chi connectivity index (χ3n) is 3.32. The summed E-state index contributed by atoms with van der Waals surface area (Å²) in [6.07, 6.45) is 3.29. The summed E-state index contributed by atoms with van der Waals surface area (Å²) in [5, 5.41) is 0. The van der Waals surface area contributed by atoms with Crippen molar-refractivity contribution in [3.8, 4) is 0 Å². The van der Waals surface area contributed by atoms with Crippen LogP contribution < -0.4 is 4.90 Å². The van der Waals surface area contributed by atoms with Crippen LogP contribution in [0.25, 0.3) is 0 Å². The zero-order valence-corrected chi connectivity index (χ0v) is 14.1. The first-order valence-corrected chi connectivity index (χ1v) is 8.09. The summed E-state index contributed by atoms with van der Waals surface area (Å²) in [5.41, 5.74) is 2.33. The van der Waals surface area contributed by atoms with Crippen molar-refractivity contribution in [3.63, 3.8) is 0 Å². The van der Waals surface area contributed by atoms with Gasteiger partial charge in [-0.15, -0.1) is 11.6 Å². The minimum atomic E-state index is 0.557. The largest absolute Gasteiger partial charge is 0.357 e. The Hall–Kier alpha value is -0.800. The zero-order valence-electron chi connectivity index (χ0n) is 13.3. The third-order valence-corrected chi connectivity index (χ3v) is 3.63. The smallest absolute Gasteiger partial charge is 0.129 e. The van der Waals surface area contributed by atoms with Crippen molar-refractivity contribution in [2.45, 2.75) is 39.0 Å². The number of rotatable bonds is 9. The number of halogens is 1. The molecule has 0 aliphatic rings. The van der Waals surface area contributed by atoms with Crippen LogP contribution >= 0.6 is 11.6 Å². The molecule has 0 fully saturated rings. The topological polar surface area (TPSA) is 19.4 Å². The molecule has 1 rings (SSSR count). The van der Waals surface area contributed by atoms with E-state index in [1.54, 1.807) is 0 Å². The van der Waals surface area contributed by atoms with E-state index in [0.717, 1.165) is 50.4 Å². The van der Waals surface area contributed by atoms with E-state index in [4.69, 9.17) is 16.6 Å². The fraction of sp³-hybridized carbons (Fsp3) is 0.688. The Morgan fingerprint density at radius 3 is 2.45 bits per heavy atom. The van der Waals surface area contributed by atoms with Gasteiger partial charge in [0.15, 0.2) is 0 Å². The second-order valence-electron chi connectivity index (χ2n) is 5.45. The van der Waals surface area contributed by atoms with Gasteiger partial charge in [0.25, 0.3) is 0 Å². The second kappa shape index (κ2) is 9.19. The molecule has 114 valence electrons. The molecule has 1 heterocycles. The third kappa shape index (κ3) is 5.68. The molecule has 3 nitrogen and oxygen atoms in total. The molecule has 0 unspecified atom stereocenters. The Labute approximate surface area is 128 Å². The highest BCUT2D eigenvalue weighted by Crippen LogP contribution is 2.18. The molecule has 20 heavy (non-hydrogen) atoms. The minimum absolute atomic E-state index is 0.557. The molecule has 0 saturated heterocycles. The van der Waals surface area contributed by atoms with Gasteiger partial charge in [0.2, 0.25) is 0 Å². The Balaban J connectivity index is 2.81. The minimum Gasteiger partial charge on any atom is -0.357 e. The van der Waals surface area contributed by atoms with Crippen LogP contribution in [0.15, 0.2) is 12.1 Å². The number of aromatic nitrogens is 1. The monoisotopic (exact) mass is 297 g/mol. The summed E-state index contributed by atoms with van der Waals surface area (Å²) >= 11 is 6.01. The van der Waals surface area contributed by atoms with Crippen LogP contribution in [0.4, 0.5) is 5.82 Å². The molecule has 1 aromatic rings. The van der Waals surface area contributed by atoms with Gasteiger partial charge in [0.05, 0.1) is 0 Å². The first-order valence-electron chi connectivity index (χ1n) is 7.56. The highest BCUT2D eigenvalue weighted by atomic mass is 35.5. The van der Waals surface area contributed by atoms with Crippen molar-refractivity contribution < 1.29 is 0 Å². The zero-order chi connectivity index (χ0) is 15.0. The first kappa shape index (κ1) is 17.3. The fourth-order valence-corrected chi connectivity index (χ4v) is 2.42. The first-order chi connectivity index (χ1) is 9.60. The van der Waals surface area contributed by atoms with E-state index in [9.17, 15) is 0 Å². The molecule has 1 aromatic heterocycles. The maximum Gasteiger partial charge on any atom is 0.129 e. The van der Waals surface area contributed by atoms with Crippen molar-refractivity contribution in [3.05, 3.63) is 23.4 Å². The predicted octanol–water partition coefficient (Wildman–Crippen LogP) is 3.55. The lowest BCUT2D eigenvalue weighted by Crippen LogP contribution is -2.28. The molecule has 4 heteroatoms. The summed E-state index contributed by atoms with van der Waals surface area (Å²) < 4.78 is 0. The molecule has 0 aliphatic heterocycles. The highest BCUT2D eigenvalue weighted by molar-refractivity contribution is 6.17. The Kier molecular flexibility index (Phi) is 7.93. The average molecular weight is 298 g/mol. The molecule has 0 aromatic carbocycles. The van der Waals surface area contributed by atoms with E-state index in [0.29, 0.717) is 5.88 Å². The van der Waals surface area contributed by atoms with Gasteiger partial charge in [0, 0.05) is 24.7 Å². The molecule has 0 saturated carbocycles. The molecular formula is C16H28ClN3. The molecule has 0 aliphatic carbocycles. The molecule has 0 bridgehead atoms. The molecule has 0 spiro atoms. The van der Waals surface area contributed by atoms with Crippen LogP contribution in [-0.2, 0) is 12.3 Å². The number of nitrogens with zero attached hydrogens (tertiary/aromatic N) is 3. The Morgan fingerprint density at radius 1 is 1.15 bits per heavy atom. The van der Waals surface area contributed by atoms with Crippen LogP contribution in [0.5, 0.6) is 0 Å². The molecular weight excluding hydrogens is 270 g/mol. The van der Waals surface area contributed by atoms with Crippen LogP contribution in [0.1, 0.15) is 37.9 Å². The number of hydrogen-bond donors (Lipinski definition) is 0. The summed E-state index contributed by atoms with van der Waals surface area (Å²) in [5.74, 6) is 1.63. The summed E-state index contributed by atoms with van der Waals surface area (Å²) in [7, 11) is 4.23. The normalized spacial score (nSPS) is 11.1.